The smallest absolute Gasteiger partial charge is 0.322 e. The van der Waals surface area contributed by atoms with Crippen LogP contribution in [-0.2, 0) is 19.1 Å². The van der Waals surface area contributed by atoms with E-state index in [-0.39, 0.29) is 24.5 Å². The van der Waals surface area contributed by atoms with E-state index in [9.17, 15) is 14.4 Å². The topological polar surface area (TPSA) is 92.7 Å². The largest absolute Gasteiger partial charge is 0.480 e. The van der Waals surface area contributed by atoms with Gasteiger partial charge in [0.05, 0.1) is 0 Å². The van der Waals surface area contributed by atoms with Crippen molar-refractivity contribution in [3.05, 3.63) is 24.3 Å². The second-order valence-electron chi connectivity index (χ2n) is 15.7. The minimum atomic E-state index is -1.01. The van der Waals surface area contributed by atoms with Gasteiger partial charge in [0.25, 0.3) is 0 Å². The molecule has 0 radical (unpaired) electrons. The molecule has 0 spiro atoms. The van der Waals surface area contributed by atoms with E-state index in [1.54, 1.807) is 0 Å². The molecule has 6 heteroatoms. The molecule has 0 heterocycles. The Hall–Kier alpha value is -2.11. The Morgan fingerprint density at radius 2 is 0.868 bits per heavy atom. The van der Waals surface area contributed by atoms with E-state index in [2.05, 4.69) is 43.5 Å². The van der Waals surface area contributed by atoms with Crippen LogP contribution < -0.4 is 5.32 Å². The van der Waals surface area contributed by atoms with Crippen LogP contribution in [0.1, 0.15) is 245 Å². The molecule has 6 nitrogen and oxygen atoms in total. The number of allylic oxidation sites excluding steroid dienone is 4. The van der Waals surface area contributed by atoms with Crippen molar-refractivity contribution in [2.45, 2.75) is 251 Å². The zero-order valence-corrected chi connectivity index (χ0v) is 35.1. The molecule has 0 aromatic rings. The zero-order valence-electron chi connectivity index (χ0n) is 35.1. The number of carbonyl (C=O) groups is 3. The third-order valence-corrected chi connectivity index (χ3v) is 10.4. The minimum Gasteiger partial charge on any atom is -0.480 e. The number of carboxylic acid groups (broad SMARTS) is 1. The van der Waals surface area contributed by atoms with Gasteiger partial charge in [-0.15, -0.1) is 0 Å². The van der Waals surface area contributed by atoms with E-state index < -0.39 is 5.97 Å². The molecule has 0 rings (SSSR count). The van der Waals surface area contributed by atoms with Crippen molar-refractivity contribution >= 4 is 17.8 Å². The maximum atomic E-state index is 12.8. The summed E-state index contributed by atoms with van der Waals surface area (Å²) in [4.78, 5) is 35.1. The van der Waals surface area contributed by atoms with Crippen LogP contribution in [0.25, 0.3) is 0 Å². The van der Waals surface area contributed by atoms with Crippen LogP contribution in [0, 0.1) is 0 Å². The van der Waals surface area contributed by atoms with Crippen LogP contribution in [0.2, 0.25) is 0 Å². The summed E-state index contributed by atoms with van der Waals surface area (Å²) in [5, 5.41) is 11.1. The second kappa shape index (κ2) is 42.6. The van der Waals surface area contributed by atoms with Gasteiger partial charge < -0.3 is 15.2 Å². The van der Waals surface area contributed by atoms with Gasteiger partial charge in [0.15, 0.2) is 0 Å². The van der Waals surface area contributed by atoms with Crippen LogP contribution in [-0.4, -0.2) is 35.6 Å². The normalized spacial score (nSPS) is 12.2. The van der Waals surface area contributed by atoms with Crippen LogP contribution in [0.5, 0.6) is 0 Å². The summed E-state index contributed by atoms with van der Waals surface area (Å²) in [5.41, 5.74) is 0. The Balaban J connectivity index is 4.17. The SMILES string of the molecule is CCCCCC/C=C\C/C=C\CCCCCCCC(=O)OC(CCCCCCCCCCCCCCCCC)CCCCCCCC(=O)NCC(=O)O. The predicted molar refractivity (Wildman–Crippen MR) is 226 cm³/mol. The molecule has 1 unspecified atom stereocenters. The van der Waals surface area contributed by atoms with Gasteiger partial charge in [-0.25, -0.2) is 0 Å². The number of nitrogens with one attached hydrogen (secondary N) is 1. The van der Waals surface area contributed by atoms with Crippen LogP contribution >= 0.6 is 0 Å². The highest BCUT2D eigenvalue weighted by Gasteiger charge is 2.14. The summed E-state index contributed by atoms with van der Waals surface area (Å²) >= 11 is 0. The Morgan fingerprint density at radius 3 is 1.32 bits per heavy atom. The van der Waals surface area contributed by atoms with Crippen molar-refractivity contribution < 1.29 is 24.2 Å². The number of ether oxygens (including phenoxy) is 1. The number of hydrogen-bond acceptors (Lipinski definition) is 4. The number of rotatable bonds is 42. The average Bonchev–Trinajstić information content (AvgIpc) is 3.14. The van der Waals surface area contributed by atoms with E-state index in [1.807, 2.05) is 0 Å². The zero-order chi connectivity index (χ0) is 38.7. The lowest BCUT2D eigenvalue weighted by molar-refractivity contribution is -0.150. The van der Waals surface area contributed by atoms with Gasteiger partial charge in [-0.3, -0.25) is 14.4 Å². The Labute approximate surface area is 328 Å². The molecule has 1 atom stereocenters. The monoisotopic (exact) mass is 746 g/mol. The van der Waals surface area contributed by atoms with Crippen molar-refractivity contribution in [3.8, 4) is 0 Å². The number of esters is 1. The summed E-state index contributed by atoms with van der Waals surface area (Å²) in [7, 11) is 0. The molecule has 0 saturated carbocycles. The van der Waals surface area contributed by atoms with Gasteiger partial charge >= 0.3 is 11.9 Å². The Bertz CT molecular complexity index is 869. The third kappa shape index (κ3) is 42.5. The number of carboxylic acids is 1. The molecule has 0 bridgehead atoms. The summed E-state index contributed by atoms with van der Waals surface area (Å²) in [6.07, 6.45) is 51.6. The highest BCUT2D eigenvalue weighted by Crippen LogP contribution is 2.19. The number of hydrogen-bond donors (Lipinski definition) is 2. The molecule has 0 fully saturated rings. The van der Waals surface area contributed by atoms with Crippen molar-refractivity contribution in [2.75, 3.05) is 6.54 Å². The summed E-state index contributed by atoms with van der Waals surface area (Å²) in [5.74, 6) is -1.23. The first kappa shape index (κ1) is 50.9. The summed E-state index contributed by atoms with van der Waals surface area (Å²) in [6, 6.07) is 0. The molecule has 1 amide bonds. The van der Waals surface area contributed by atoms with E-state index >= 15 is 0 Å². The second-order valence-corrected chi connectivity index (χ2v) is 15.7. The van der Waals surface area contributed by atoms with Crippen molar-refractivity contribution in [1.82, 2.24) is 5.32 Å². The molecule has 310 valence electrons. The average molecular weight is 746 g/mol. The predicted octanol–water partition coefficient (Wildman–Crippen LogP) is 14.3. The fourth-order valence-electron chi connectivity index (χ4n) is 6.96. The van der Waals surface area contributed by atoms with Gasteiger partial charge in [-0.05, 0) is 70.6 Å². The first-order chi connectivity index (χ1) is 26.0. The lowest BCUT2D eigenvalue weighted by Crippen LogP contribution is -2.28. The van der Waals surface area contributed by atoms with Gasteiger partial charge in [0.2, 0.25) is 5.91 Å². The Morgan fingerprint density at radius 1 is 0.491 bits per heavy atom. The number of unbranched alkanes of at least 4 members (excludes halogenated alkanes) is 27. The molecule has 2 N–H and O–H groups in total. The number of carbonyl (C=O) groups excluding carboxylic acids is 2. The molecular formula is C47H87NO5. The first-order valence-electron chi connectivity index (χ1n) is 23.0. The highest BCUT2D eigenvalue weighted by atomic mass is 16.5. The lowest BCUT2D eigenvalue weighted by Gasteiger charge is -2.18. The summed E-state index contributed by atoms with van der Waals surface area (Å²) in [6.45, 7) is 4.23. The van der Waals surface area contributed by atoms with Crippen LogP contribution in [0.3, 0.4) is 0 Å². The maximum absolute atomic E-state index is 12.8. The van der Waals surface area contributed by atoms with Gasteiger partial charge in [-0.1, -0.05) is 186 Å². The third-order valence-electron chi connectivity index (χ3n) is 10.4. The molecular weight excluding hydrogens is 659 g/mol. The van der Waals surface area contributed by atoms with E-state index in [4.69, 9.17) is 9.84 Å². The highest BCUT2D eigenvalue weighted by molar-refractivity contribution is 5.80. The number of aliphatic carboxylic acids is 1. The fourth-order valence-corrected chi connectivity index (χ4v) is 6.96. The maximum Gasteiger partial charge on any atom is 0.322 e. The molecule has 0 aliphatic carbocycles. The fraction of sp³-hybridized carbons (Fsp3) is 0.851. The quantitative estimate of drug-likeness (QED) is 0.0369. The molecule has 0 aliphatic rings. The first-order valence-corrected chi connectivity index (χ1v) is 23.0. The standard InChI is InChI=1S/C47H87NO5/c1-3-5-7-9-11-13-15-17-19-21-23-25-27-29-34-38-42-47(52)53-44(40-36-32-30-33-37-41-45(49)48-43-46(50)51)39-35-31-28-26-24-22-20-18-16-14-12-10-8-6-4-2/h13,15,19,21,44H,3-12,14,16-18,20,22-43H2,1-2H3,(H,48,49)(H,50,51)/b15-13-,21-19-. The summed E-state index contributed by atoms with van der Waals surface area (Å²) < 4.78 is 6.04. The van der Waals surface area contributed by atoms with Crippen LogP contribution in [0.4, 0.5) is 0 Å². The molecule has 0 aromatic carbocycles. The molecule has 0 aromatic heterocycles. The van der Waals surface area contributed by atoms with Gasteiger partial charge in [0.1, 0.15) is 12.6 Å². The molecule has 0 aliphatic heterocycles. The van der Waals surface area contributed by atoms with Gasteiger partial charge in [0, 0.05) is 12.8 Å². The molecule has 0 saturated heterocycles. The van der Waals surface area contributed by atoms with Crippen molar-refractivity contribution in [3.63, 3.8) is 0 Å². The van der Waals surface area contributed by atoms with Crippen LogP contribution in [0.15, 0.2) is 24.3 Å². The minimum absolute atomic E-state index is 0.0222. The van der Waals surface area contributed by atoms with E-state index in [1.165, 1.54) is 141 Å². The van der Waals surface area contributed by atoms with E-state index in [0.717, 1.165) is 77.0 Å². The Kier molecular flexibility index (Phi) is 40.9. The lowest BCUT2D eigenvalue weighted by atomic mass is 10.0. The van der Waals surface area contributed by atoms with Gasteiger partial charge in [-0.2, -0.15) is 0 Å². The molecule has 53 heavy (non-hydrogen) atoms. The van der Waals surface area contributed by atoms with Crippen molar-refractivity contribution in [1.29, 1.82) is 0 Å². The number of amides is 1. The van der Waals surface area contributed by atoms with E-state index in [0.29, 0.717) is 12.8 Å². The van der Waals surface area contributed by atoms with Crippen molar-refractivity contribution in [2.24, 2.45) is 0 Å².